The highest BCUT2D eigenvalue weighted by Crippen LogP contribution is 2.28. The molecule has 1 heterocycles. The van der Waals surface area contributed by atoms with Crippen LogP contribution in [0, 0.1) is 5.41 Å². The normalized spacial score (nSPS) is 29.1. The maximum Gasteiger partial charge on any atom is 0.267 e. The van der Waals surface area contributed by atoms with Gasteiger partial charge in [0.1, 0.15) is 0 Å². The Balaban J connectivity index is 2.49. The Labute approximate surface area is 74.2 Å². The quantitative estimate of drug-likeness (QED) is 0.592. The van der Waals surface area contributed by atoms with E-state index in [0.29, 0.717) is 6.42 Å². The van der Waals surface area contributed by atoms with Crippen LogP contribution >= 0.6 is 0 Å². The van der Waals surface area contributed by atoms with Crippen molar-refractivity contribution in [2.75, 3.05) is 5.75 Å². The summed E-state index contributed by atoms with van der Waals surface area (Å²) in [5.41, 5.74) is 0.143. The van der Waals surface area contributed by atoms with Crippen LogP contribution in [0.3, 0.4) is 0 Å². The van der Waals surface area contributed by atoms with Gasteiger partial charge in [0, 0.05) is 0 Å². The van der Waals surface area contributed by atoms with E-state index in [2.05, 4.69) is 20.8 Å². The molecule has 1 aliphatic rings. The highest BCUT2D eigenvalue weighted by Gasteiger charge is 2.31. The van der Waals surface area contributed by atoms with Gasteiger partial charge in [0.2, 0.25) is 0 Å². The molecular weight excluding hydrogens is 176 g/mol. The molecule has 1 rings (SSSR count). The molecule has 0 aliphatic carbocycles. The lowest BCUT2D eigenvalue weighted by Gasteiger charge is -2.20. The van der Waals surface area contributed by atoms with E-state index < -0.39 is 10.1 Å². The van der Waals surface area contributed by atoms with Gasteiger partial charge in [0.25, 0.3) is 10.1 Å². The molecule has 1 saturated heterocycles. The third-order valence-electron chi connectivity index (χ3n) is 1.81. The molecule has 12 heavy (non-hydrogen) atoms. The second-order valence-electron chi connectivity index (χ2n) is 4.53. The van der Waals surface area contributed by atoms with E-state index in [4.69, 9.17) is 4.18 Å². The van der Waals surface area contributed by atoms with Crippen molar-refractivity contribution in [3.63, 3.8) is 0 Å². The van der Waals surface area contributed by atoms with Crippen LogP contribution < -0.4 is 0 Å². The molecule has 0 saturated carbocycles. The predicted octanol–water partition coefficient (Wildman–Crippen LogP) is 1.54. The molecule has 1 aliphatic heterocycles. The average molecular weight is 192 g/mol. The molecule has 1 atom stereocenters. The van der Waals surface area contributed by atoms with E-state index in [-0.39, 0.29) is 17.3 Å². The van der Waals surface area contributed by atoms with Gasteiger partial charge in [-0.2, -0.15) is 8.42 Å². The van der Waals surface area contributed by atoms with Crippen LogP contribution in [0.1, 0.15) is 33.6 Å². The van der Waals surface area contributed by atoms with Crippen molar-refractivity contribution >= 4 is 10.1 Å². The topological polar surface area (TPSA) is 43.4 Å². The van der Waals surface area contributed by atoms with Gasteiger partial charge < -0.3 is 0 Å². The first-order valence-electron chi connectivity index (χ1n) is 4.19. The Bertz CT molecular complexity index is 248. The zero-order valence-electron chi connectivity index (χ0n) is 7.83. The van der Waals surface area contributed by atoms with Gasteiger partial charge in [-0.15, -0.1) is 0 Å². The molecule has 0 aromatic rings. The summed E-state index contributed by atoms with van der Waals surface area (Å²) < 4.78 is 26.7. The molecular formula is C8H16O3S. The molecule has 1 fully saturated rings. The van der Waals surface area contributed by atoms with E-state index in [1.165, 1.54) is 0 Å². The Morgan fingerprint density at radius 2 is 2.00 bits per heavy atom. The van der Waals surface area contributed by atoms with Crippen LogP contribution in [-0.4, -0.2) is 20.3 Å². The standard InChI is InChI=1S/C8H16O3S/c1-8(2,3)6-7-4-5-12(9,10)11-7/h7H,4-6H2,1-3H3/t7-/m0/s1. The SMILES string of the molecule is CC(C)(C)C[C@@H]1CCS(=O)(=O)O1. The zero-order chi connectivity index (χ0) is 9.41. The summed E-state index contributed by atoms with van der Waals surface area (Å²) in [5.74, 6) is 0.188. The van der Waals surface area contributed by atoms with Gasteiger partial charge in [0.15, 0.2) is 0 Å². The van der Waals surface area contributed by atoms with Crippen molar-refractivity contribution in [2.45, 2.75) is 39.7 Å². The first kappa shape index (κ1) is 9.99. The summed E-state index contributed by atoms with van der Waals surface area (Å²) in [6, 6.07) is 0. The van der Waals surface area contributed by atoms with E-state index >= 15 is 0 Å². The van der Waals surface area contributed by atoms with Gasteiger partial charge in [-0.05, 0) is 18.3 Å². The van der Waals surface area contributed by atoms with E-state index in [9.17, 15) is 8.42 Å². The van der Waals surface area contributed by atoms with Crippen LogP contribution in [0.5, 0.6) is 0 Å². The Kier molecular flexibility index (Phi) is 2.50. The van der Waals surface area contributed by atoms with Gasteiger partial charge in [-0.3, -0.25) is 4.18 Å². The Morgan fingerprint density at radius 3 is 2.33 bits per heavy atom. The lowest BCUT2D eigenvalue weighted by atomic mass is 9.88. The summed E-state index contributed by atoms with van der Waals surface area (Å²) in [6.45, 7) is 6.25. The van der Waals surface area contributed by atoms with Crippen molar-refractivity contribution < 1.29 is 12.6 Å². The molecule has 3 nitrogen and oxygen atoms in total. The first-order chi connectivity index (χ1) is 5.29. The van der Waals surface area contributed by atoms with E-state index in [1.807, 2.05) is 0 Å². The number of rotatable bonds is 1. The molecule has 0 aromatic heterocycles. The minimum absolute atomic E-state index is 0.0880. The fourth-order valence-corrected chi connectivity index (χ4v) is 2.63. The molecule has 0 amide bonds. The van der Waals surface area contributed by atoms with Crippen molar-refractivity contribution in [3.05, 3.63) is 0 Å². The first-order valence-corrected chi connectivity index (χ1v) is 5.77. The van der Waals surface area contributed by atoms with Crippen LogP contribution in [0.15, 0.2) is 0 Å². The van der Waals surface area contributed by atoms with Gasteiger partial charge >= 0.3 is 0 Å². The maximum atomic E-state index is 10.9. The van der Waals surface area contributed by atoms with E-state index in [0.717, 1.165) is 6.42 Å². The summed E-state index contributed by atoms with van der Waals surface area (Å²) >= 11 is 0. The van der Waals surface area contributed by atoms with Gasteiger partial charge in [-0.25, -0.2) is 0 Å². The predicted molar refractivity (Wildman–Crippen MR) is 47.3 cm³/mol. The molecule has 4 heteroatoms. The highest BCUT2D eigenvalue weighted by molar-refractivity contribution is 7.86. The Hall–Kier alpha value is -0.0900. The smallest absolute Gasteiger partial charge is 0.267 e. The maximum absolute atomic E-state index is 10.9. The average Bonchev–Trinajstić information content (AvgIpc) is 2.05. The molecule has 0 unspecified atom stereocenters. The summed E-state index contributed by atoms with van der Waals surface area (Å²) in [7, 11) is -3.17. The monoisotopic (exact) mass is 192 g/mol. The van der Waals surface area contributed by atoms with Crippen molar-refractivity contribution in [2.24, 2.45) is 5.41 Å². The van der Waals surface area contributed by atoms with Gasteiger partial charge in [-0.1, -0.05) is 20.8 Å². The third-order valence-corrected chi connectivity index (χ3v) is 3.11. The second kappa shape index (κ2) is 3.00. The van der Waals surface area contributed by atoms with Crippen molar-refractivity contribution in [1.82, 2.24) is 0 Å². The largest absolute Gasteiger partial charge is 0.267 e. The molecule has 0 spiro atoms. The van der Waals surface area contributed by atoms with Gasteiger partial charge in [0.05, 0.1) is 11.9 Å². The number of hydrogen-bond acceptors (Lipinski definition) is 3. The van der Waals surface area contributed by atoms with Crippen LogP contribution in [0.4, 0.5) is 0 Å². The van der Waals surface area contributed by atoms with Crippen LogP contribution in [0.2, 0.25) is 0 Å². The fraction of sp³-hybridized carbons (Fsp3) is 1.00. The molecule has 0 aromatic carbocycles. The third kappa shape index (κ3) is 3.11. The zero-order valence-corrected chi connectivity index (χ0v) is 8.65. The Morgan fingerprint density at radius 1 is 1.42 bits per heavy atom. The minimum Gasteiger partial charge on any atom is -0.267 e. The molecule has 0 bridgehead atoms. The molecule has 0 radical (unpaired) electrons. The minimum atomic E-state index is -3.17. The summed E-state index contributed by atoms with van der Waals surface area (Å²) in [4.78, 5) is 0. The second-order valence-corrected chi connectivity index (χ2v) is 6.25. The van der Waals surface area contributed by atoms with Crippen LogP contribution in [-0.2, 0) is 14.3 Å². The number of hydrogen-bond donors (Lipinski definition) is 0. The van der Waals surface area contributed by atoms with E-state index in [1.54, 1.807) is 0 Å². The molecule has 0 N–H and O–H groups in total. The summed E-state index contributed by atoms with van der Waals surface area (Å²) in [5, 5.41) is 0. The molecule has 72 valence electrons. The lowest BCUT2D eigenvalue weighted by molar-refractivity contribution is 0.170. The van der Waals surface area contributed by atoms with Crippen molar-refractivity contribution in [3.8, 4) is 0 Å². The fourth-order valence-electron chi connectivity index (χ4n) is 1.40. The lowest BCUT2D eigenvalue weighted by Crippen LogP contribution is -2.17. The summed E-state index contributed by atoms with van der Waals surface area (Å²) in [6.07, 6.45) is 1.38. The van der Waals surface area contributed by atoms with Crippen molar-refractivity contribution in [1.29, 1.82) is 0 Å². The highest BCUT2D eigenvalue weighted by atomic mass is 32.2. The van der Waals surface area contributed by atoms with Crippen LogP contribution in [0.25, 0.3) is 0 Å².